The molecule has 4 nitrogen and oxygen atoms in total. The second-order valence-electron chi connectivity index (χ2n) is 4.58. The molecule has 3 N–H and O–H groups in total. The molecule has 1 heterocycles. The maximum absolute atomic E-state index is 7.38. The fourth-order valence-electron chi connectivity index (χ4n) is 2.17. The number of hydrogen-bond donors (Lipinski definition) is 2. The lowest BCUT2D eigenvalue weighted by Crippen LogP contribution is -2.41. The zero-order chi connectivity index (χ0) is 11.3. The Morgan fingerprint density at radius 3 is 3.00 bits per heavy atom. The fraction of sp³-hybridized carbons (Fsp3) is 0.909. The number of piperidine rings is 1. The van der Waals surface area contributed by atoms with Crippen LogP contribution in [0, 0.1) is 17.2 Å². The number of rotatable bonds is 5. The van der Waals surface area contributed by atoms with Gasteiger partial charge in [-0.3, -0.25) is 5.41 Å². The summed E-state index contributed by atoms with van der Waals surface area (Å²) in [7, 11) is 1.76. The van der Waals surface area contributed by atoms with Crippen molar-refractivity contribution in [3.8, 4) is 0 Å². The standard InChI is InChI=1S/C11H23N3O/c1-9(11(12)13)6-14-5-3-4-10(7-14)8-15-2/h9-10H,3-8H2,1-2H3,(H3,12,13). The summed E-state index contributed by atoms with van der Waals surface area (Å²) in [6, 6.07) is 0. The van der Waals surface area contributed by atoms with Gasteiger partial charge in [-0.25, -0.2) is 0 Å². The SMILES string of the molecule is COCC1CCCN(CC(C)C(=N)N)C1. The second kappa shape index (κ2) is 6.08. The van der Waals surface area contributed by atoms with E-state index in [4.69, 9.17) is 15.9 Å². The van der Waals surface area contributed by atoms with Crippen molar-refractivity contribution in [2.45, 2.75) is 19.8 Å². The molecule has 1 aliphatic rings. The topological polar surface area (TPSA) is 62.3 Å². The number of nitrogens with zero attached hydrogens (tertiary/aromatic N) is 1. The normalized spacial score (nSPS) is 25.1. The number of ether oxygens (including phenoxy) is 1. The molecule has 2 atom stereocenters. The summed E-state index contributed by atoms with van der Waals surface area (Å²) in [6.07, 6.45) is 2.50. The quantitative estimate of drug-likeness (QED) is 0.527. The highest BCUT2D eigenvalue weighted by atomic mass is 16.5. The lowest BCUT2D eigenvalue weighted by molar-refractivity contribution is 0.0877. The van der Waals surface area contributed by atoms with Gasteiger partial charge >= 0.3 is 0 Å². The smallest absolute Gasteiger partial charge is 0.0947 e. The predicted octanol–water partition coefficient (Wildman–Crippen LogP) is 0.917. The van der Waals surface area contributed by atoms with Crippen LogP contribution in [0.5, 0.6) is 0 Å². The third-order valence-electron chi connectivity index (χ3n) is 3.07. The number of hydrogen-bond acceptors (Lipinski definition) is 3. The molecule has 0 aliphatic carbocycles. The van der Waals surface area contributed by atoms with Crippen LogP contribution in [-0.4, -0.2) is 44.1 Å². The molecule has 1 aliphatic heterocycles. The molecule has 0 bridgehead atoms. The Balaban J connectivity index is 2.32. The Bertz CT molecular complexity index is 206. The highest BCUT2D eigenvalue weighted by Crippen LogP contribution is 2.17. The number of amidine groups is 1. The molecular weight excluding hydrogens is 190 g/mol. The monoisotopic (exact) mass is 213 g/mol. The van der Waals surface area contributed by atoms with Crippen molar-refractivity contribution in [2.24, 2.45) is 17.6 Å². The third kappa shape index (κ3) is 4.18. The molecular formula is C11H23N3O. The van der Waals surface area contributed by atoms with E-state index in [0.717, 1.165) is 26.2 Å². The van der Waals surface area contributed by atoms with Crippen molar-refractivity contribution < 1.29 is 4.74 Å². The molecule has 0 radical (unpaired) electrons. The Labute approximate surface area is 92.3 Å². The van der Waals surface area contributed by atoms with E-state index in [1.54, 1.807) is 7.11 Å². The van der Waals surface area contributed by atoms with Crippen LogP contribution < -0.4 is 5.73 Å². The van der Waals surface area contributed by atoms with E-state index >= 15 is 0 Å². The van der Waals surface area contributed by atoms with Gasteiger partial charge in [0.05, 0.1) is 12.4 Å². The number of nitrogens with one attached hydrogen (secondary N) is 1. The van der Waals surface area contributed by atoms with Crippen LogP contribution in [0.3, 0.4) is 0 Å². The Morgan fingerprint density at radius 2 is 2.40 bits per heavy atom. The van der Waals surface area contributed by atoms with Crippen LogP contribution in [0.15, 0.2) is 0 Å². The fourth-order valence-corrected chi connectivity index (χ4v) is 2.17. The third-order valence-corrected chi connectivity index (χ3v) is 3.07. The largest absolute Gasteiger partial charge is 0.387 e. The molecule has 1 rings (SSSR count). The van der Waals surface area contributed by atoms with Crippen LogP contribution in [0.25, 0.3) is 0 Å². The summed E-state index contributed by atoms with van der Waals surface area (Å²) >= 11 is 0. The molecule has 0 saturated carbocycles. The summed E-state index contributed by atoms with van der Waals surface area (Å²) in [5.74, 6) is 1.12. The Hall–Kier alpha value is -0.610. The molecule has 0 aromatic carbocycles. The molecule has 2 unspecified atom stereocenters. The first kappa shape index (κ1) is 12.5. The van der Waals surface area contributed by atoms with Crippen molar-refractivity contribution in [2.75, 3.05) is 33.4 Å². The number of nitrogens with two attached hydrogens (primary N) is 1. The predicted molar refractivity (Wildman–Crippen MR) is 62.1 cm³/mol. The van der Waals surface area contributed by atoms with E-state index in [0.29, 0.717) is 11.8 Å². The minimum atomic E-state index is 0.172. The molecule has 88 valence electrons. The van der Waals surface area contributed by atoms with Gasteiger partial charge in [0.2, 0.25) is 0 Å². The van der Waals surface area contributed by atoms with Crippen molar-refractivity contribution in [1.82, 2.24) is 4.90 Å². The summed E-state index contributed by atoms with van der Waals surface area (Å²) < 4.78 is 5.19. The van der Waals surface area contributed by atoms with Crippen molar-refractivity contribution in [3.63, 3.8) is 0 Å². The van der Waals surface area contributed by atoms with Crippen LogP contribution in [0.1, 0.15) is 19.8 Å². The van der Waals surface area contributed by atoms with Crippen molar-refractivity contribution in [3.05, 3.63) is 0 Å². The van der Waals surface area contributed by atoms with Crippen LogP contribution in [0.2, 0.25) is 0 Å². The van der Waals surface area contributed by atoms with E-state index in [1.165, 1.54) is 12.8 Å². The maximum atomic E-state index is 7.38. The van der Waals surface area contributed by atoms with Crippen LogP contribution in [0.4, 0.5) is 0 Å². The number of methoxy groups -OCH3 is 1. The van der Waals surface area contributed by atoms with Gasteiger partial charge in [-0.15, -0.1) is 0 Å². The highest BCUT2D eigenvalue weighted by molar-refractivity contribution is 5.79. The van der Waals surface area contributed by atoms with Gasteiger partial charge in [-0.2, -0.15) is 0 Å². The zero-order valence-electron chi connectivity index (χ0n) is 9.83. The lowest BCUT2D eigenvalue weighted by Gasteiger charge is -2.33. The summed E-state index contributed by atoms with van der Waals surface area (Å²) in [4.78, 5) is 2.40. The van der Waals surface area contributed by atoms with E-state index < -0.39 is 0 Å². The summed E-state index contributed by atoms with van der Waals surface area (Å²) in [5, 5.41) is 7.38. The van der Waals surface area contributed by atoms with Gasteiger partial charge in [0.1, 0.15) is 0 Å². The molecule has 0 spiro atoms. The van der Waals surface area contributed by atoms with E-state index in [1.807, 2.05) is 6.92 Å². The first-order valence-electron chi connectivity index (χ1n) is 5.68. The van der Waals surface area contributed by atoms with Gasteiger partial charge in [-0.1, -0.05) is 6.92 Å². The molecule has 15 heavy (non-hydrogen) atoms. The molecule has 0 amide bonds. The second-order valence-corrected chi connectivity index (χ2v) is 4.58. The minimum Gasteiger partial charge on any atom is -0.387 e. The summed E-state index contributed by atoms with van der Waals surface area (Å²) in [5.41, 5.74) is 5.48. The lowest BCUT2D eigenvalue weighted by atomic mass is 9.98. The maximum Gasteiger partial charge on any atom is 0.0947 e. The van der Waals surface area contributed by atoms with Gasteiger partial charge in [0.15, 0.2) is 0 Å². The van der Waals surface area contributed by atoms with Gasteiger partial charge in [-0.05, 0) is 25.3 Å². The molecule has 0 aromatic heterocycles. The average molecular weight is 213 g/mol. The highest BCUT2D eigenvalue weighted by Gasteiger charge is 2.21. The molecule has 0 aromatic rings. The first-order valence-corrected chi connectivity index (χ1v) is 5.68. The number of likely N-dealkylation sites (tertiary alicyclic amines) is 1. The molecule has 4 heteroatoms. The zero-order valence-corrected chi connectivity index (χ0v) is 9.83. The van der Waals surface area contributed by atoms with Crippen molar-refractivity contribution in [1.29, 1.82) is 5.41 Å². The molecule has 1 saturated heterocycles. The summed E-state index contributed by atoms with van der Waals surface area (Å²) in [6.45, 7) is 6.01. The van der Waals surface area contributed by atoms with Crippen molar-refractivity contribution >= 4 is 5.84 Å². The first-order chi connectivity index (χ1) is 7.13. The Morgan fingerprint density at radius 1 is 1.67 bits per heavy atom. The van der Waals surface area contributed by atoms with Gasteiger partial charge in [0, 0.05) is 26.1 Å². The van der Waals surface area contributed by atoms with E-state index in [-0.39, 0.29) is 5.92 Å². The molecule has 1 fully saturated rings. The Kier molecular flexibility index (Phi) is 5.05. The van der Waals surface area contributed by atoms with E-state index in [2.05, 4.69) is 4.90 Å². The minimum absolute atomic E-state index is 0.172. The average Bonchev–Trinajstić information content (AvgIpc) is 2.18. The van der Waals surface area contributed by atoms with Crippen LogP contribution in [-0.2, 0) is 4.74 Å². The van der Waals surface area contributed by atoms with Crippen LogP contribution >= 0.6 is 0 Å². The van der Waals surface area contributed by atoms with E-state index in [9.17, 15) is 0 Å². The van der Waals surface area contributed by atoms with Gasteiger partial charge in [0.25, 0.3) is 0 Å². The van der Waals surface area contributed by atoms with Gasteiger partial charge < -0.3 is 15.4 Å².